The van der Waals surface area contributed by atoms with Gasteiger partial charge in [0.15, 0.2) is 11.4 Å². The van der Waals surface area contributed by atoms with Gasteiger partial charge in [-0.1, -0.05) is 17.7 Å². The van der Waals surface area contributed by atoms with Crippen LogP contribution < -0.4 is 0 Å². The first kappa shape index (κ1) is 11.4. The fourth-order valence-corrected chi connectivity index (χ4v) is 2.30. The largest absolute Gasteiger partial charge is 0.296 e. The fraction of sp³-hybridized carbons (Fsp3) is 0.0909. The molecule has 0 atom stereocenters. The highest BCUT2D eigenvalue weighted by molar-refractivity contribution is 9.10. The van der Waals surface area contributed by atoms with E-state index in [9.17, 15) is 4.79 Å². The van der Waals surface area contributed by atoms with Gasteiger partial charge in [-0.15, -0.1) is 0 Å². The molecular formula is C11H8BrClN2O. The van der Waals surface area contributed by atoms with Crippen LogP contribution in [0.2, 0.25) is 5.15 Å². The summed E-state index contributed by atoms with van der Waals surface area (Å²) >= 11 is 9.25. The average molecular weight is 300 g/mol. The van der Waals surface area contributed by atoms with Crippen LogP contribution in [0.5, 0.6) is 0 Å². The van der Waals surface area contributed by atoms with Crippen molar-refractivity contribution in [1.82, 2.24) is 9.55 Å². The summed E-state index contributed by atoms with van der Waals surface area (Å²) in [5.74, 6) is 0. The van der Waals surface area contributed by atoms with Crippen molar-refractivity contribution in [1.29, 1.82) is 0 Å². The van der Waals surface area contributed by atoms with Gasteiger partial charge in [0.05, 0.1) is 5.69 Å². The van der Waals surface area contributed by atoms with E-state index in [4.69, 9.17) is 11.6 Å². The van der Waals surface area contributed by atoms with Gasteiger partial charge >= 0.3 is 0 Å². The van der Waals surface area contributed by atoms with E-state index in [1.165, 1.54) is 6.33 Å². The Bertz CT molecular complexity index is 551. The van der Waals surface area contributed by atoms with E-state index in [-0.39, 0.29) is 5.15 Å². The molecule has 0 amide bonds. The highest BCUT2D eigenvalue weighted by atomic mass is 79.9. The molecule has 0 saturated heterocycles. The molecule has 0 N–H and O–H groups in total. The maximum atomic E-state index is 10.9. The predicted octanol–water partition coefficient (Wildman–Crippen LogP) is 3.41. The second kappa shape index (κ2) is 4.39. The highest BCUT2D eigenvalue weighted by Crippen LogP contribution is 2.25. The van der Waals surface area contributed by atoms with Gasteiger partial charge in [-0.25, -0.2) is 4.98 Å². The average Bonchev–Trinajstić information content (AvgIpc) is 2.59. The molecule has 0 saturated carbocycles. The van der Waals surface area contributed by atoms with Crippen LogP contribution in [-0.2, 0) is 0 Å². The summed E-state index contributed by atoms with van der Waals surface area (Å²) in [4.78, 5) is 14.8. The van der Waals surface area contributed by atoms with E-state index in [1.807, 2.05) is 25.1 Å². The van der Waals surface area contributed by atoms with Crippen molar-refractivity contribution in [3.63, 3.8) is 0 Å². The molecule has 5 heteroatoms. The van der Waals surface area contributed by atoms with Gasteiger partial charge in [-0.2, -0.15) is 0 Å². The Labute approximate surface area is 106 Å². The van der Waals surface area contributed by atoms with Crippen LogP contribution in [0, 0.1) is 6.92 Å². The molecule has 0 radical (unpaired) electrons. The van der Waals surface area contributed by atoms with Gasteiger partial charge in [-0.3, -0.25) is 9.36 Å². The third-order valence-corrected chi connectivity index (χ3v) is 3.16. The first-order valence-electron chi connectivity index (χ1n) is 4.58. The van der Waals surface area contributed by atoms with Crippen LogP contribution in [0.3, 0.4) is 0 Å². The molecular weight excluding hydrogens is 291 g/mol. The highest BCUT2D eigenvalue weighted by Gasteiger charge is 2.11. The lowest BCUT2D eigenvalue weighted by Gasteiger charge is -2.07. The number of hydrogen-bond acceptors (Lipinski definition) is 2. The van der Waals surface area contributed by atoms with E-state index < -0.39 is 0 Å². The molecule has 0 aliphatic carbocycles. The molecule has 2 aromatic rings. The zero-order valence-electron chi connectivity index (χ0n) is 8.45. The van der Waals surface area contributed by atoms with Crippen LogP contribution in [0.4, 0.5) is 0 Å². The zero-order chi connectivity index (χ0) is 11.7. The topological polar surface area (TPSA) is 34.9 Å². The monoisotopic (exact) mass is 298 g/mol. The third-order valence-electron chi connectivity index (χ3n) is 2.23. The van der Waals surface area contributed by atoms with E-state index >= 15 is 0 Å². The number of carbonyl (C=O) groups excluding carboxylic acids is 1. The number of benzene rings is 1. The summed E-state index contributed by atoms with van der Waals surface area (Å²) in [6.45, 7) is 2.00. The Kier molecular flexibility index (Phi) is 3.12. The minimum Gasteiger partial charge on any atom is -0.296 e. The van der Waals surface area contributed by atoms with Gasteiger partial charge < -0.3 is 0 Å². The van der Waals surface area contributed by atoms with Gasteiger partial charge in [0.25, 0.3) is 0 Å². The first-order chi connectivity index (χ1) is 7.63. The molecule has 3 nitrogen and oxygen atoms in total. The normalized spacial score (nSPS) is 10.4. The Balaban J connectivity index is 2.63. The van der Waals surface area contributed by atoms with Crippen molar-refractivity contribution >= 4 is 33.8 Å². The van der Waals surface area contributed by atoms with Crippen molar-refractivity contribution in [2.45, 2.75) is 6.92 Å². The summed E-state index contributed by atoms with van der Waals surface area (Å²) in [6, 6.07) is 5.84. The Morgan fingerprint density at radius 2 is 2.25 bits per heavy atom. The van der Waals surface area contributed by atoms with Crippen molar-refractivity contribution in [3.8, 4) is 5.69 Å². The molecule has 0 bridgehead atoms. The standard InChI is InChI=1S/C11H8BrClN2O/c1-7-2-3-9(8(12)4-7)15-6-14-11(13)10(15)5-16/h2-6H,1H3. The molecule has 0 aliphatic heterocycles. The molecule has 0 fully saturated rings. The molecule has 82 valence electrons. The van der Waals surface area contributed by atoms with Crippen molar-refractivity contribution in [3.05, 3.63) is 45.4 Å². The summed E-state index contributed by atoms with van der Waals surface area (Å²) in [5, 5.41) is 0.211. The Hall–Kier alpha value is -1.13. The number of imidazole rings is 1. The number of rotatable bonds is 2. The van der Waals surface area contributed by atoms with Crippen LogP contribution >= 0.6 is 27.5 Å². The number of aryl methyl sites for hydroxylation is 1. The van der Waals surface area contributed by atoms with Crippen LogP contribution in [-0.4, -0.2) is 15.8 Å². The second-order valence-electron chi connectivity index (χ2n) is 3.36. The number of nitrogens with zero attached hydrogens (tertiary/aromatic N) is 2. The van der Waals surface area contributed by atoms with Gasteiger partial charge in [0.2, 0.25) is 0 Å². The third kappa shape index (κ3) is 1.90. The van der Waals surface area contributed by atoms with E-state index in [0.29, 0.717) is 12.0 Å². The summed E-state index contributed by atoms with van der Waals surface area (Å²) in [7, 11) is 0. The van der Waals surface area contributed by atoms with Gasteiger partial charge in [0, 0.05) is 4.47 Å². The molecule has 1 aromatic carbocycles. The molecule has 16 heavy (non-hydrogen) atoms. The fourth-order valence-electron chi connectivity index (χ4n) is 1.44. The van der Waals surface area contributed by atoms with E-state index in [0.717, 1.165) is 15.7 Å². The lowest BCUT2D eigenvalue weighted by Crippen LogP contribution is -1.99. The number of hydrogen-bond donors (Lipinski definition) is 0. The Morgan fingerprint density at radius 3 is 2.88 bits per heavy atom. The summed E-state index contributed by atoms with van der Waals surface area (Å²) < 4.78 is 2.54. The lowest BCUT2D eigenvalue weighted by molar-refractivity contribution is 0.111. The molecule has 0 unspecified atom stereocenters. The number of carbonyl (C=O) groups is 1. The van der Waals surface area contributed by atoms with Crippen molar-refractivity contribution < 1.29 is 4.79 Å². The maximum Gasteiger partial charge on any atom is 0.170 e. The van der Waals surface area contributed by atoms with Crippen LogP contribution in [0.1, 0.15) is 16.1 Å². The van der Waals surface area contributed by atoms with Crippen molar-refractivity contribution in [2.75, 3.05) is 0 Å². The number of aromatic nitrogens is 2. The van der Waals surface area contributed by atoms with E-state index in [2.05, 4.69) is 20.9 Å². The number of aldehydes is 1. The maximum absolute atomic E-state index is 10.9. The van der Waals surface area contributed by atoms with Crippen LogP contribution in [0.15, 0.2) is 29.0 Å². The van der Waals surface area contributed by atoms with Crippen molar-refractivity contribution in [2.24, 2.45) is 0 Å². The quantitative estimate of drug-likeness (QED) is 0.797. The minimum absolute atomic E-state index is 0.211. The molecule has 0 spiro atoms. The molecule has 0 aliphatic rings. The minimum atomic E-state index is 0.211. The Morgan fingerprint density at radius 1 is 1.50 bits per heavy atom. The first-order valence-corrected chi connectivity index (χ1v) is 5.75. The smallest absolute Gasteiger partial charge is 0.170 e. The molecule has 1 heterocycles. The van der Waals surface area contributed by atoms with Crippen LogP contribution in [0.25, 0.3) is 5.69 Å². The van der Waals surface area contributed by atoms with Gasteiger partial charge in [-0.05, 0) is 40.5 Å². The number of halogens is 2. The SMILES string of the molecule is Cc1ccc(-n2cnc(Cl)c2C=O)c(Br)c1. The zero-order valence-corrected chi connectivity index (χ0v) is 10.8. The molecule has 1 aromatic heterocycles. The second-order valence-corrected chi connectivity index (χ2v) is 4.58. The molecule has 2 rings (SSSR count). The van der Waals surface area contributed by atoms with E-state index in [1.54, 1.807) is 4.57 Å². The van der Waals surface area contributed by atoms with Gasteiger partial charge in [0.1, 0.15) is 12.0 Å². The predicted molar refractivity (Wildman–Crippen MR) is 66.4 cm³/mol. The lowest BCUT2D eigenvalue weighted by atomic mass is 10.2. The summed E-state index contributed by atoms with van der Waals surface area (Å²) in [6.07, 6.45) is 2.23. The summed E-state index contributed by atoms with van der Waals surface area (Å²) in [5.41, 5.74) is 2.33.